The molecule has 0 amide bonds. The van der Waals surface area contributed by atoms with Crippen molar-refractivity contribution >= 4 is 25.8 Å². The van der Waals surface area contributed by atoms with Crippen LogP contribution in [-0.4, -0.2) is 32.2 Å². The Morgan fingerprint density at radius 1 is 1.35 bits per heavy atom. The van der Waals surface area contributed by atoms with Gasteiger partial charge in [-0.05, 0) is 12.1 Å². The fourth-order valence-electron chi connectivity index (χ4n) is 1.27. The van der Waals surface area contributed by atoms with E-state index in [0.29, 0.717) is 10.2 Å². The van der Waals surface area contributed by atoms with Gasteiger partial charge in [-0.25, -0.2) is 8.42 Å². The highest BCUT2D eigenvalue weighted by molar-refractivity contribution is 9.09. The van der Waals surface area contributed by atoms with E-state index in [1.54, 1.807) is 30.3 Å². The third-order valence-corrected chi connectivity index (χ3v) is 4.61. The fraction of sp³-hybridized carbons (Fsp3) is 0.333. The Labute approximate surface area is 110 Å². The summed E-state index contributed by atoms with van der Waals surface area (Å²) in [6.45, 7) is 0.112. The Hall–Kier alpha value is -0.830. The van der Waals surface area contributed by atoms with E-state index in [2.05, 4.69) is 21.9 Å². The third-order valence-electron chi connectivity index (χ3n) is 2.08. The summed E-state index contributed by atoms with van der Waals surface area (Å²) in [7, 11) is -3.33. The standard InChI is InChI=1S/C12H13BrO3S/c1-2-8-16-11(9-13)10-17(14,15)12-6-4-3-5-7-12/h1,3-7,11H,8-10H2. The van der Waals surface area contributed by atoms with Crippen molar-refractivity contribution in [2.75, 3.05) is 17.7 Å². The maximum atomic E-state index is 12.0. The summed E-state index contributed by atoms with van der Waals surface area (Å²) in [5, 5.41) is 0.431. The maximum Gasteiger partial charge on any atom is 0.180 e. The zero-order valence-electron chi connectivity index (χ0n) is 9.17. The van der Waals surface area contributed by atoms with Crippen molar-refractivity contribution in [1.29, 1.82) is 0 Å². The molecule has 0 aliphatic heterocycles. The van der Waals surface area contributed by atoms with Gasteiger partial charge in [-0.2, -0.15) is 0 Å². The van der Waals surface area contributed by atoms with Crippen LogP contribution in [0.4, 0.5) is 0 Å². The molecule has 0 heterocycles. The normalized spacial score (nSPS) is 12.9. The van der Waals surface area contributed by atoms with Gasteiger partial charge in [-0.15, -0.1) is 6.42 Å². The van der Waals surface area contributed by atoms with Gasteiger partial charge in [0.25, 0.3) is 0 Å². The van der Waals surface area contributed by atoms with Gasteiger partial charge in [0.15, 0.2) is 9.84 Å². The van der Waals surface area contributed by atoms with Gasteiger partial charge < -0.3 is 4.74 Å². The predicted molar refractivity (Wildman–Crippen MR) is 70.9 cm³/mol. The summed E-state index contributed by atoms with van der Waals surface area (Å²) in [6, 6.07) is 8.30. The summed E-state index contributed by atoms with van der Waals surface area (Å²) in [6.07, 6.45) is 4.63. The molecule has 0 aliphatic rings. The number of benzene rings is 1. The van der Waals surface area contributed by atoms with E-state index in [1.165, 1.54) is 0 Å². The number of halogens is 1. The lowest BCUT2D eigenvalue weighted by atomic mass is 10.4. The average Bonchev–Trinajstić information content (AvgIpc) is 2.35. The first kappa shape index (κ1) is 14.2. The minimum atomic E-state index is -3.33. The monoisotopic (exact) mass is 316 g/mol. The van der Waals surface area contributed by atoms with Crippen molar-refractivity contribution in [3.8, 4) is 12.3 Å². The molecule has 0 radical (unpaired) electrons. The van der Waals surface area contributed by atoms with E-state index in [-0.39, 0.29) is 12.4 Å². The molecule has 1 unspecified atom stereocenters. The Balaban J connectivity index is 2.76. The molecule has 0 bridgehead atoms. The summed E-state index contributed by atoms with van der Waals surface area (Å²) in [5.74, 6) is 2.24. The number of alkyl halides is 1. The zero-order valence-corrected chi connectivity index (χ0v) is 11.6. The lowest BCUT2D eigenvalue weighted by Gasteiger charge is -2.13. The van der Waals surface area contributed by atoms with Gasteiger partial charge in [-0.1, -0.05) is 40.0 Å². The number of rotatable bonds is 6. The molecule has 1 atom stereocenters. The first-order chi connectivity index (χ1) is 8.10. The first-order valence-corrected chi connectivity index (χ1v) is 7.76. The van der Waals surface area contributed by atoms with Gasteiger partial charge in [0.1, 0.15) is 6.61 Å². The molecule has 0 saturated carbocycles. The van der Waals surface area contributed by atoms with Crippen molar-refractivity contribution < 1.29 is 13.2 Å². The van der Waals surface area contributed by atoms with Crippen molar-refractivity contribution in [2.24, 2.45) is 0 Å². The van der Waals surface area contributed by atoms with Crippen molar-refractivity contribution in [3.05, 3.63) is 30.3 Å². The number of hydrogen-bond donors (Lipinski definition) is 0. The Kier molecular flexibility index (Phi) is 5.69. The SMILES string of the molecule is C#CCOC(CBr)CS(=O)(=O)c1ccccc1. The average molecular weight is 317 g/mol. The quantitative estimate of drug-likeness (QED) is 0.594. The van der Waals surface area contributed by atoms with Crippen LogP contribution in [0.2, 0.25) is 0 Å². The van der Waals surface area contributed by atoms with E-state index in [4.69, 9.17) is 11.2 Å². The van der Waals surface area contributed by atoms with Crippen LogP contribution in [0.25, 0.3) is 0 Å². The minimum absolute atomic E-state index is 0.0794. The van der Waals surface area contributed by atoms with E-state index < -0.39 is 15.9 Å². The second kappa shape index (κ2) is 6.80. The molecule has 0 fully saturated rings. The van der Waals surface area contributed by atoms with E-state index in [9.17, 15) is 8.42 Å². The lowest BCUT2D eigenvalue weighted by molar-refractivity contribution is 0.113. The Morgan fingerprint density at radius 2 is 2.00 bits per heavy atom. The lowest BCUT2D eigenvalue weighted by Crippen LogP contribution is -2.26. The first-order valence-electron chi connectivity index (χ1n) is 4.99. The molecular formula is C12H13BrO3S. The van der Waals surface area contributed by atoms with E-state index >= 15 is 0 Å². The van der Waals surface area contributed by atoms with E-state index in [0.717, 1.165) is 0 Å². The topological polar surface area (TPSA) is 43.4 Å². The van der Waals surface area contributed by atoms with Crippen LogP contribution in [0, 0.1) is 12.3 Å². The van der Waals surface area contributed by atoms with Crippen molar-refractivity contribution in [1.82, 2.24) is 0 Å². The molecule has 17 heavy (non-hydrogen) atoms. The van der Waals surface area contributed by atoms with Gasteiger partial charge in [0.05, 0.1) is 16.8 Å². The highest BCUT2D eigenvalue weighted by atomic mass is 79.9. The summed E-state index contributed by atoms with van der Waals surface area (Å²) >= 11 is 3.21. The van der Waals surface area contributed by atoms with Crippen molar-refractivity contribution in [2.45, 2.75) is 11.0 Å². The molecule has 0 spiro atoms. The molecule has 1 rings (SSSR count). The van der Waals surface area contributed by atoms with Crippen LogP contribution in [0.1, 0.15) is 0 Å². The predicted octanol–water partition coefficient (Wildman–Crippen LogP) is 1.87. The smallest absolute Gasteiger partial charge is 0.180 e. The third kappa shape index (κ3) is 4.50. The van der Waals surface area contributed by atoms with Crippen molar-refractivity contribution in [3.63, 3.8) is 0 Å². The minimum Gasteiger partial charge on any atom is -0.364 e. The van der Waals surface area contributed by atoms with Crippen LogP contribution >= 0.6 is 15.9 Å². The molecule has 1 aromatic rings. The number of hydrogen-bond acceptors (Lipinski definition) is 3. The van der Waals surface area contributed by atoms with Crippen LogP contribution in [-0.2, 0) is 14.6 Å². The molecule has 0 aliphatic carbocycles. The van der Waals surface area contributed by atoms with Crippen LogP contribution in [0.5, 0.6) is 0 Å². The molecule has 92 valence electrons. The van der Waals surface area contributed by atoms with Crippen LogP contribution < -0.4 is 0 Å². The van der Waals surface area contributed by atoms with Gasteiger partial charge >= 0.3 is 0 Å². The number of sulfone groups is 1. The largest absolute Gasteiger partial charge is 0.364 e. The zero-order chi connectivity index (χ0) is 12.7. The summed E-state index contributed by atoms with van der Waals surface area (Å²) in [4.78, 5) is 0.301. The maximum absolute atomic E-state index is 12.0. The van der Waals surface area contributed by atoms with Crippen LogP contribution in [0.3, 0.4) is 0 Å². The number of ether oxygens (including phenoxy) is 1. The molecule has 0 aromatic heterocycles. The van der Waals surface area contributed by atoms with Gasteiger partial charge in [0.2, 0.25) is 0 Å². The fourth-order valence-corrected chi connectivity index (χ4v) is 3.46. The second-order valence-electron chi connectivity index (χ2n) is 3.39. The molecule has 1 aromatic carbocycles. The van der Waals surface area contributed by atoms with Gasteiger partial charge in [0, 0.05) is 5.33 Å². The molecule has 0 saturated heterocycles. The van der Waals surface area contributed by atoms with Crippen LogP contribution in [0.15, 0.2) is 35.2 Å². The Bertz CT molecular complexity index is 476. The molecule has 5 heteroatoms. The summed E-state index contributed by atoms with van der Waals surface area (Å²) in [5.41, 5.74) is 0. The summed E-state index contributed by atoms with van der Waals surface area (Å²) < 4.78 is 29.3. The van der Waals surface area contributed by atoms with E-state index in [1.807, 2.05) is 0 Å². The number of terminal acetylenes is 1. The molecular weight excluding hydrogens is 304 g/mol. The highest BCUT2D eigenvalue weighted by Gasteiger charge is 2.20. The second-order valence-corrected chi connectivity index (χ2v) is 6.07. The molecule has 0 N–H and O–H groups in total. The highest BCUT2D eigenvalue weighted by Crippen LogP contribution is 2.13. The molecule has 3 nitrogen and oxygen atoms in total. The Morgan fingerprint density at radius 3 is 2.53 bits per heavy atom. The van der Waals surface area contributed by atoms with Gasteiger partial charge in [-0.3, -0.25) is 0 Å².